The third kappa shape index (κ3) is 7.59. The van der Waals surface area contributed by atoms with Crippen molar-refractivity contribution in [2.24, 2.45) is 5.92 Å². The van der Waals surface area contributed by atoms with Crippen molar-refractivity contribution in [1.82, 2.24) is 40.3 Å². The normalized spacial score (nSPS) is 18.7. The number of carbonyl (C=O) groups is 3. The van der Waals surface area contributed by atoms with E-state index >= 15 is 0 Å². The van der Waals surface area contributed by atoms with Gasteiger partial charge < -0.3 is 20.5 Å². The maximum Gasteiger partial charge on any atom is 0.243 e. The molecular formula is C31H37ClN8O3. The van der Waals surface area contributed by atoms with Crippen molar-refractivity contribution < 1.29 is 14.4 Å². The molecule has 0 radical (unpaired) electrons. The fraction of sp³-hybridized carbons (Fsp3) is 0.419. The van der Waals surface area contributed by atoms with Gasteiger partial charge in [0.2, 0.25) is 17.7 Å². The molecule has 0 saturated heterocycles. The van der Waals surface area contributed by atoms with Crippen molar-refractivity contribution in [3.63, 3.8) is 0 Å². The molecule has 3 heterocycles. The Morgan fingerprint density at radius 2 is 1.84 bits per heavy atom. The van der Waals surface area contributed by atoms with Gasteiger partial charge in [-0.3, -0.25) is 14.4 Å². The Bertz CT molecular complexity index is 1600. The van der Waals surface area contributed by atoms with Crippen LogP contribution in [0.25, 0.3) is 11.0 Å². The lowest BCUT2D eigenvalue weighted by atomic mass is 10.0. The summed E-state index contributed by atoms with van der Waals surface area (Å²) < 4.78 is 1.78. The van der Waals surface area contributed by atoms with E-state index in [1.165, 1.54) is 0 Å². The molecule has 2 aromatic carbocycles. The molecule has 0 bridgehead atoms. The second kappa shape index (κ2) is 13.4. The van der Waals surface area contributed by atoms with Crippen LogP contribution in [-0.2, 0) is 33.8 Å². The zero-order valence-electron chi connectivity index (χ0n) is 24.6. The summed E-state index contributed by atoms with van der Waals surface area (Å²) in [6, 6.07) is 13.7. The molecule has 0 aliphatic carbocycles. The fourth-order valence-corrected chi connectivity index (χ4v) is 5.53. The van der Waals surface area contributed by atoms with Gasteiger partial charge in [0.05, 0.1) is 30.0 Å². The number of aromatic nitrogens is 5. The summed E-state index contributed by atoms with van der Waals surface area (Å²) in [6.07, 6.45) is 1.03. The zero-order valence-corrected chi connectivity index (χ0v) is 25.4. The van der Waals surface area contributed by atoms with Crippen LogP contribution in [0, 0.1) is 12.8 Å². The lowest BCUT2D eigenvalue weighted by Crippen LogP contribution is -2.50. The molecule has 0 fully saturated rings. The third-order valence-electron chi connectivity index (χ3n) is 7.56. The number of aromatic amines is 1. The van der Waals surface area contributed by atoms with E-state index in [0.29, 0.717) is 55.0 Å². The summed E-state index contributed by atoms with van der Waals surface area (Å²) >= 11 is 6.11. The Kier molecular flexibility index (Phi) is 9.40. The Balaban J connectivity index is 1.40. The van der Waals surface area contributed by atoms with Gasteiger partial charge in [0.15, 0.2) is 0 Å². The summed E-state index contributed by atoms with van der Waals surface area (Å²) in [7, 11) is 0. The van der Waals surface area contributed by atoms with E-state index in [0.717, 1.165) is 16.6 Å². The van der Waals surface area contributed by atoms with Crippen molar-refractivity contribution in [1.29, 1.82) is 0 Å². The van der Waals surface area contributed by atoms with Crippen molar-refractivity contribution in [3.8, 4) is 0 Å². The second-order valence-electron chi connectivity index (χ2n) is 11.3. The van der Waals surface area contributed by atoms with E-state index in [1.807, 2.05) is 57.2 Å². The number of rotatable bonds is 5. The monoisotopic (exact) mass is 604 g/mol. The largest absolute Gasteiger partial charge is 0.344 e. The molecule has 0 saturated carbocycles. The van der Waals surface area contributed by atoms with E-state index in [9.17, 15) is 14.4 Å². The number of hydrogen-bond donors (Lipinski definition) is 3. The number of nitrogens with one attached hydrogen (secondary N) is 3. The molecule has 12 heteroatoms. The first-order chi connectivity index (χ1) is 20.7. The number of aryl methyl sites for hydroxylation is 1. The number of amides is 3. The number of carbonyl (C=O) groups excluding carboxylic acids is 3. The minimum absolute atomic E-state index is 0.00777. The number of halogens is 1. The summed E-state index contributed by atoms with van der Waals surface area (Å²) in [5.41, 5.74) is 2.44. The Morgan fingerprint density at radius 1 is 1.05 bits per heavy atom. The number of fused-ring (bicyclic) bond motifs is 2. The van der Waals surface area contributed by atoms with Gasteiger partial charge in [-0.05, 0) is 43.0 Å². The van der Waals surface area contributed by atoms with Gasteiger partial charge in [-0.1, -0.05) is 55.8 Å². The predicted molar refractivity (Wildman–Crippen MR) is 163 cm³/mol. The van der Waals surface area contributed by atoms with Crippen LogP contribution in [-0.4, -0.2) is 66.5 Å². The molecule has 2 aromatic heterocycles. The third-order valence-corrected chi connectivity index (χ3v) is 7.80. The highest BCUT2D eigenvalue weighted by Gasteiger charge is 2.30. The van der Waals surface area contributed by atoms with E-state index in [-0.39, 0.29) is 36.5 Å². The predicted octanol–water partition coefficient (Wildman–Crippen LogP) is 3.52. The quantitative estimate of drug-likeness (QED) is 0.319. The van der Waals surface area contributed by atoms with Gasteiger partial charge in [0, 0.05) is 31.0 Å². The molecule has 4 aromatic rings. The maximum absolute atomic E-state index is 13.6. The van der Waals surface area contributed by atoms with Crippen molar-refractivity contribution in [2.45, 2.75) is 65.1 Å². The highest BCUT2D eigenvalue weighted by molar-refractivity contribution is 6.31. The zero-order chi connectivity index (χ0) is 30.5. The lowest BCUT2D eigenvalue weighted by Gasteiger charge is -2.28. The van der Waals surface area contributed by atoms with E-state index < -0.39 is 12.1 Å². The molecule has 11 nitrogen and oxygen atoms in total. The van der Waals surface area contributed by atoms with E-state index in [1.54, 1.807) is 21.7 Å². The van der Waals surface area contributed by atoms with Gasteiger partial charge >= 0.3 is 0 Å². The van der Waals surface area contributed by atoms with Crippen molar-refractivity contribution in [2.75, 3.05) is 13.1 Å². The van der Waals surface area contributed by atoms with Gasteiger partial charge in [-0.15, -0.1) is 0 Å². The van der Waals surface area contributed by atoms with E-state index in [4.69, 9.17) is 11.6 Å². The molecule has 5 rings (SSSR count). The Labute approximate surface area is 255 Å². The lowest BCUT2D eigenvalue weighted by molar-refractivity contribution is -0.132. The van der Waals surface area contributed by atoms with Crippen LogP contribution in [0.15, 0.2) is 48.5 Å². The first kappa shape index (κ1) is 30.2. The molecule has 43 heavy (non-hydrogen) atoms. The van der Waals surface area contributed by atoms with Crippen LogP contribution in [0.5, 0.6) is 0 Å². The van der Waals surface area contributed by atoms with Crippen molar-refractivity contribution >= 4 is 40.4 Å². The number of hydrogen-bond acceptors (Lipinski definition) is 6. The Morgan fingerprint density at radius 3 is 2.60 bits per heavy atom. The molecule has 0 unspecified atom stereocenters. The highest BCUT2D eigenvalue weighted by atomic mass is 35.5. The van der Waals surface area contributed by atoms with Crippen LogP contribution in [0.3, 0.4) is 0 Å². The van der Waals surface area contributed by atoms with Gasteiger partial charge in [-0.25, -0.2) is 14.6 Å². The summed E-state index contributed by atoms with van der Waals surface area (Å²) in [5.74, 6) is 1.09. The minimum atomic E-state index is -0.768. The van der Waals surface area contributed by atoms with Crippen LogP contribution >= 0.6 is 11.6 Å². The molecule has 1 aliphatic rings. The van der Waals surface area contributed by atoms with Gasteiger partial charge in [-0.2, -0.15) is 5.10 Å². The first-order valence-electron chi connectivity index (χ1n) is 14.6. The Hall–Kier alpha value is -4.25. The summed E-state index contributed by atoms with van der Waals surface area (Å²) in [5, 5.41) is 11.3. The van der Waals surface area contributed by atoms with Crippen LogP contribution in [0.2, 0.25) is 5.02 Å². The van der Waals surface area contributed by atoms with Crippen LogP contribution < -0.4 is 10.6 Å². The highest BCUT2D eigenvalue weighted by Crippen LogP contribution is 2.22. The van der Waals surface area contributed by atoms with Crippen LogP contribution in [0.1, 0.15) is 55.8 Å². The molecule has 3 amide bonds. The smallest absolute Gasteiger partial charge is 0.243 e. The standard InChI is InChI=1S/C31H37ClN8O3/c1-19(2)29-30-33-20(3)38-40(30)15-14-39(28(42)18-26-34-23-12-11-22(32)17-24(23)35-26)13-7-10-27(41)36-25(31(43)37-29)16-21-8-5-4-6-9-21/h4-6,8-9,11-12,17,19,25,29H,7,10,13-16,18H2,1-3H3,(H,34,35)(H,36,41)(H,37,43)/t25-,29+/m0/s1. The van der Waals surface area contributed by atoms with E-state index in [2.05, 4.69) is 30.7 Å². The molecule has 1 aliphatic heterocycles. The second-order valence-corrected chi connectivity index (χ2v) is 11.7. The summed E-state index contributed by atoms with van der Waals surface area (Å²) in [4.78, 5) is 54.4. The van der Waals surface area contributed by atoms with Gasteiger partial charge in [0.25, 0.3) is 0 Å². The van der Waals surface area contributed by atoms with Crippen LogP contribution in [0.4, 0.5) is 0 Å². The summed E-state index contributed by atoms with van der Waals surface area (Å²) in [6.45, 7) is 6.92. The first-order valence-corrected chi connectivity index (χ1v) is 15.0. The molecular weight excluding hydrogens is 568 g/mol. The minimum Gasteiger partial charge on any atom is -0.344 e. The molecule has 3 N–H and O–H groups in total. The average Bonchev–Trinajstić information content (AvgIpc) is 3.54. The number of nitrogens with zero attached hydrogens (tertiary/aromatic N) is 5. The molecule has 0 spiro atoms. The maximum atomic E-state index is 13.6. The number of benzene rings is 2. The fourth-order valence-electron chi connectivity index (χ4n) is 5.36. The van der Waals surface area contributed by atoms with Gasteiger partial charge in [0.1, 0.15) is 23.5 Å². The SMILES string of the molecule is Cc1nc2n(n1)CCN(C(=O)Cc1nc3ccc(Cl)cc3[nH]1)CCCC(=O)N[C@@H](Cc1ccccc1)C(=O)N[C@@H]2C(C)C. The average molecular weight is 605 g/mol. The topological polar surface area (TPSA) is 138 Å². The number of H-pyrrole nitrogens is 1. The van der Waals surface area contributed by atoms with Crippen molar-refractivity contribution in [3.05, 3.63) is 76.6 Å². The molecule has 226 valence electrons. The number of imidazole rings is 1. The molecule has 2 atom stereocenters.